The van der Waals surface area contributed by atoms with E-state index in [2.05, 4.69) is 225 Å². The van der Waals surface area contributed by atoms with E-state index in [1.165, 1.54) is 71.0 Å². The molecule has 0 N–H and O–H groups in total. The summed E-state index contributed by atoms with van der Waals surface area (Å²) in [5.74, 6) is 5.58. The molecule has 0 radical (unpaired) electrons. The van der Waals surface area contributed by atoms with Crippen LogP contribution in [-0.4, -0.2) is 81.7 Å². The molecule has 1 aliphatic heterocycles. The third-order valence-corrected chi connectivity index (χ3v) is 14.8. The molecular weight excluding hydrogens is 1020 g/mol. The summed E-state index contributed by atoms with van der Waals surface area (Å²) in [6, 6.07) is 1.24. The van der Waals surface area contributed by atoms with Gasteiger partial charge in [0.2, 0.25) is 0 Å². The van der Waals surface area contributed by atoms with Crippen LogP contribution in [0.25, 0.3) is 0 Å². The third kappa shape index (κ3) is 26.8. The lowest BCUT2D eigenvalue weighted by Crippen LogP contribution is -2.19. The Hall–Kier alpha value is -5.57. The summed E-state index contributed by atoms with van der Waals surface area (Å²) < 4.78 is 19.5. The summed E-state index contributed by atoms with van der Waals surface area (Å²) in [5.41, 5.74) is 9.32. The molecule has 15 heteroatoms. The summed E-state index contributed by atoms with van der Waals surface area (Å²) in [6.07, 6.45) is 38.7. The van der Waals surface area contributed by atoms with Crippen molar-refractivity contribution in [3.05, 3.63) is 126 Å². The van der Waals surface area contributed by atoms with Gasteiger partial charge >= 0.3 is 0 Å². The molecule has 8 heterocycles. The quantitative estimate of drug-likeness (QED) is 0.0880. The van der Waals surface area contributed by atoms with Gasteiger partial charge in [-0.3, -0.25) is 32.8 Å². The Balaban J connectivity index is 0.000000252. The largest absolute Gasteiger partial charge is 0.381 e. The van der Waals surface area contributed by atoms with E-state index in [1.807, 2.05) is 75.3 Å². The molecule has 7 aromatic heterocycles. The standard InChI is InChI=1S/C11H18N2O.C11H18N2.C11H20N2.C10H18N2.C9H16N2.C8H14N2.C7H12N2/c1-9(2)10-7-12-13(8-10)11-3-5-14-6-4-11;1-9(2)10-7-12-13(8-10)11-5-3-4-6-11;1-9(2)5-6-13-8-11(7-12-13)10(3)4;1-8(2)6-12-7-10(5-11-12)9(3)4;1-4-5-11-7-9(6-10-11)8(2)3;1-4-10-6-8(5-9-10)7(2)3;1-6(2)7-4-8-9(3)5-7/h7-9,11H,3-6H2,1-2H3;7-9,11H,3-6H2,1-2H3;7-10H,5-6H2,1-4H3;5,7-9H,6H2,1-4H3;6-8H,4-5H2,1-3H3;5-7H,4H2,1-3H3;4-6H,1-3H3. The average Bonchev–Trinajstić information content (AvgIpc) is 4.34. The van der Waals surface area contributed by atoms with Gasteiger partial charge in [-0.1, -0.05) is 144 Å². The smallest absolute Gasteiger partial charge is 0.0563 e. The SMILES string of the molecule is CC(C)CCn1cc(C(C)C)cn1.CC(C)Cn1cc(C(C)C)cn1.CC(C)c1cnn(C)c1.CC(C)c1cnn(C2CCCC2)c1.CC(C)c1cnn(C2CCOCC2)c1.CCCn1cc(C(C)C)cn1.CCn1cc(C(C)C)cn1. The molecule has 0 aromatic carbocycles. The van der Waals surface area contributed by atoms with Crippen LogP contribution in [0.2, 0.25) is 0 Å². The van der Waals surface area contributed by atoms with Crippen LogP contribution in [0.15, 0.2) is 86.8 Å². The monoisotopic (exact) mass is 1130 g/mol. The second-order valence-corrected chi connectivity index (χ2v) is 25.6. The van der Waals surface area contributed by atoms with Gasteiger partial charge in [-0.2, -0.15) is 35.7 Å². The molecule has 15 nitrogen and oxygen atoms in total. The number of rotatable bonds is 17. The van der Waals surface area contributed by atoms with Crippen molar-refractivity contribution in [2.24, 2.45) is 18.9 Å². The molecule has 0 atom stereocenters. The van der Waals surface area contributed by atoms with Crippen LogP contribution in [0, 0.1) is 11.8 Å². The topological polar surface area (TPSA) is 134 Å². The number of aromatic nitrogens is 14. The molecule has 9 rings (SSSR count). The van der Waals surface area contributed by atoms with Crippen LogP contribution in [0.3, 0.4) is 0 Å². The maximum absolute atomic E-state index is 5.33. The molecule has 7 aromatic rings. The Labute approximate surface area is 498 Å². The van der Waals surface area contributed by atoms with Crippen molar-refractivity contribution in [1.82, 2.24) is 68.5 Å². The van der Waals surface area contributed by atoms with Crippen molar-refractivity contribution in [2.75, 3.05) is 13.2 Å². The van der Waals surface area contributed by atoms with Gasteiger partial charge in [-0.15, -0.1) is 0 Å². The number of aryl methyl sites for hydroxylation is 4. The van der Waals surface area contributed by atoms with Gasteiger partial charge in [-0.25, -0.2) is 0 Å². The van der Waals surface area contributed by atoms with Crippen LogP contribution in [0.4, 0.5) is 0 Å². The van der Waals surface area contributed by atoms with Crippen molar-refractivity contribution >= 4 is 0 Å². The van der Waals surface area contributed by atoms with Gasteiger partial charge in [0, 0.05) is 89.8 Å². The minimum atomic E-state index is 0.552. The number of ether oxygens (including phenoxy) is 1. The fraction of sp³-hybridized carbons (Fsp3) is 0.687. The first-order valence-corrected chi connectivity index (χ1v) is 31.6. The van der Waals surface area contributed by atoms with Gasteiger partial charge < -0.3 is 4.74 Å². The van der Waals surface area contributed by atoms with Gasteiger partial charge in [0.15, 0.2) is 0 Å². The summed E-state index contributed by atoms with van der Waals surface area (Å²) in [5, 5.41) is 29.9. The second kappa shape index (κ2) is 37.6. The van der Waals surface area contributed by atoms with Gasteiger partial charge in [-0.05, 0) is 138 Å². The van der Waals surface area contributed by atoms with E-state index in [1.54, 1.807) is 0 Å². The first-order chi connectivity index (χ1) is 38.9. The molecule has 0 spiro atoms. The number of nitrogens with zero attached hydrogens (tertiary/aromatic N) is 14. The molecule has 1 saturated heterocycles. The Morgan fingerprint density at radius 3 is 1.06 bits per heavy atom. The van der Waals surface area contributed by atoms with Crippen LogP contribution in [0.5, 0.6) is 0 Å². The predicted molar refractivity (Wildman–Crippen MR) is 342 cm³/mol. The van der Waals surface area contributed by atoms with Gasteiger partial charge in [0.05, 0.1) is 55.5 Å². The molecule has 0 unspecified atom stereocenters. The second-order valence-electron chi connectivity index (χ2n) is 25.6. The highest BCUT2D eigenvalue weighted by atomic mass is 16.5. The first-order valence-electron chi connectivity index (χ1n) is 31.6. The molecular formula is C67H116N14O. The minimum Gasteiger partial charge on any atom is -0.381 e. The normalized spacial score (nSPS) is 13.7. The van der Waals surface area contributed by atoms with E-state index >= 15 is 0 Å². The molecule has 1 saturated carbocycles. The van der Waals surface area contributed by atoms with Crippen molar-refractivity contribution in [3.63, 3.8) is 0 Å². The fourth-order valence-corrected chi connectivity index (χ4v) is 8.78. The van der Waals surface area contributed by atoms with Crippen molar-refractivity contribution < 1.29 is 4.74 Å². The minimum absolute atomic E-state index is 0.552. The van der Waals surface area contributed by atoms with Crippen molar-refractivity contribution in [2.45, 2.75) is 270 Å². The van der Waals surface area contributed by atoms with E-state index in [9.17, 15) is 0 Å². The first kappa shape index (κ1) is 70.7. The lowest BCUT2D eigenvalue weighted by atomic mass is 10.1. The number of hydrogen-bond donors (Lipinski definition) is 0. The van der Waals surface area contributed by atoms with Crippen LogP contribution in [-0.2, 0) is 38.0 Å². The summed E-state index contributed by atoms with van der Waals surface area (Å²) in [7, 11) is 1.94. The Bertz CT molecular complexity index is 2660. The molecule has 0 amide bonds. The molecule has 460 valence electrons. The van der Waals surface area contributed by atoms with E-state index in [0.29, 0.717) is 59.4 Å². The Kier molecular flexibility index (Phi) is 32.4. The van der Waals surface area contributed by atoms with Crippen LogP contribution in [0.1, 0.15) is 282 Å². The van der Waals surface area contributed by atoms with E-state index < -0.39 is 0 Å². The molecule has 1 aliphatic carbocycles. The highest BCUT2D eigenvalue weighted by Crippen LogP contribution is 2.30. The zero-order valence-corrected chi connectivity index (χ0v) is 55.5. The summed E-state index contributed by atoms with van der Waals surface area (Å²) in [4.78, 5) is 0. The van der Waals surface area contributed by atoms with Gasteiger partial charge in [0.1, 0.15) is 0 Å². The average molecular weight is 1130 g/mol. The fourth-order valence-electron chi connectivity index (χ4n) is 8.78. The third-order valence-electron chi connectivity index (χ3n) is 14.8. The highest BCUT2D eigenvalue weighted by molar-refractivity contribution is 5.13. The summed E-state index contributed by atoms with van der Waals surface area (Å²) >= 11 is 0. The zero-order chi connectivity index (χ0) is 60.9. The Morgan fingerprint density at radius 1 is 0.390 bits per heavy atom. The molecule has 0 bridgehead atoms. The molecule has 2 fully saturated rings. The lowest BCUT2D eigenvalue weighted by Gasteiger charge is -2.22. The molecule has 82 heavy (non-hydrogen) atoms. The van der Waals surface area contributed by atoms with Crippen molar-refractivity contribution in [3.8, 4) is 0 Å². The van der Waals surface area contributed by atoms with E-state index in [4.69, 9.17) is 4.74 Å². The van der Waals surface area contributed by atoms with E-state index in [0.717, 1.165) is 64.6 Å². The lowest BCUT2D eigenvalue weighted by molar-refractivity contribution is 0.0662. The van der Waals surface area contributed by atoms with Crippen molar-refractivity contribution in [1.29, 1.82) is 0 Å². The maximum Gasteiger partial charge on any atom is 0.0563 e. The predicted octanol–water partition coefficient (Wildman–Crippen LogP) is 17.2. The van der Waals surface area contributed by atoms with E-state index in [-0.39, 0.29) is 0 Å². The van der Waals surface area contributed by atoms with Crippen LogP contribution >= 0.6 is 0 Å². The summed E-state index contributed by atoms with van der Waals surface area (Å²) in [6.45, 7) is 49.6. The van der Waals surface area contributed by atoms with Gasteiger partial charge in [0.25, 0.3) is 0 Å². The van der Waals surface area contributed by atoms with Crippen LogP contribution < -0.4 is 0 Å². The number of hydrogen-bond acceptors (Lipinski definition) is 8. The molecule has 2 aliphatic rings. The Morgan fingerprint density at radius 2 is 0.732 bits per heavy atom. The highest BCUT2D eigenvalue weighted by Gasteiger charge is 2.19. The maximum atomic E-state index is 5.33. The zero-order valence-electron chi connectivity index (χ0n) is 55.5.